The fourth-order valence-corrected chi connectivity index (χ4v) is 5.73. The smallest absolute Gasteiger partial charge is 0.254 e. The second-order valence-corrected chi connectivity index (χ2v) is 11.8. The van der Waals surface area contributed by atoms with E-state index < -0.39 is 0 Å². The summed E-state index contributed by atoms with van der Waals surface area (Å²) in [5.74, 6) is -0.450. The highest BCUT2D eigenvalue weighted by Gasteiger charge is 2.28. The van der Waals surface area contributed by atoms with Gasteiger partial charge in [0.1, 0.15) is 12.1 Å². The average Bonchev–Trinajstić information content (AvgIpc) is 3.56. The first-order valence-electron chi connectivity index (χ1n) is 15.7. The van der Waals surface area contributed by atoms with Crippen molar-refractivity contribution < 1.29 is 18.7 Å². The van der Waals surface area contributed by atoms with Crippen LogP contribution >= 0.6 is 0 Å². The average molecular weight is 595 g/mol. The summed E-state index contributed by atoms with van der Waals surface area (Å²) in [4.78, 5) is 44.6. The minimum Gasteiger partial charge on any atom is -0.464 e. The van der Waals surface area contributed by atoms with E-state index in [9.17, 15) is 14.4 Å². The number of hydrogen-bond donors (Lipinski definition) is 0. The molecule has 1 unspecified atom stereocenters. The summed E-state index contributed by atoms with van der Waals surface area (Å²) in [6, 6.07) is 22.9. The number of ether oxygens (including phenoxy) is 1. The number of rotatable bonds is 13. The Labute approximate surface area is 259 Å². The van der Waals surface area contributed by atoms with E-state index in [1.54, 1.807) is 15.9 Å². The van der Waals surface area contributed by atoms with Gasteiger partial charge in [-0.1, -0.05) is 73.9 Å². The van der Waals surface area contributed by atoms with Gasteiger partial charge in [-0.05, 0) is 68.0 Å². The number of nitrogens with zero attached hydrogens (tertiary/aromatic N) is 2. The van der Waals surface area contributed by atoms with Crippen molar-refractivity contribution in [3.8, 4) is 0 Å². The van der Waals surface area contributed by atoms with Gasteiger partial charge in [0, 0.05) is 25.3 Å². The van der Waals surface area contributed by atoms with Gasteiger partial charge < -0.3 is 19.0 Å². The van der Waals surface area contributed by atoms with E-state index in [0.717, 1.165) is 43.2 Å². The van der Waals surface area contributed by atoms with Gasteiger partial charge in [0.2, 0.25) is 5.91 Å². The summed E-state index contributed by atoms with van der Waals surface area (Å²) in [6.45, 7) is 5.33. The van der Waals surface area contributed by atoms with Crippen LogP contribution in [-0.2, 0) is 29.0 Å². The fourth-order valence-electron chi connectivity index (χ4n) is 5.73. The summed E-state index contributed by atoms with van der Waals surface area (Å²) in [5, 5.41) is 0.489. The Hall–Kier alpha value is -4.23. The van der Waals surface area contributed by atoms with Gasteiger partial charge in [-0.25, -0.2) is 0 Å². The summed E-state index contributed by atoms with van der Waals surface area (Å²) in [6.07, 6.45) is 7.56. The highest BCUT2D eigenvalue weighted by atomic mass is 16.5. The van der Waals surface area contributed by atoms with Gasteiger partial charge in [-0.3, -0.25) is 14.4 Å². The molecule has 4 aromatic rings. The van der Waals surface area contributed by atoms with Crippen molar-refractivity contribution in [1.82, 2.24) is 9.80 Å². The predicted molar refractivity (Wildman–Crippen MR) is 172 cm³/mol. The van der Waals surface area contributed by atoms with E-state index >= 15 is 0 Å². The molecule has 1 saturated heterocycles. The molecule has 1 fully saturated rings. The molecule has 7 heteroatoms. The molecule has 0 N–H and O–H groups in total. The van der Waals surface area contributed by atoms with Crippen molar-refractivity contribution in [2.45, 2.75) is 71.6 Å². The Morgan fingerprint density at radius 3 is 2.43 bits per heavy atom. The number of fused-ring (bicyclic) bond motifs is 1. The molecule has 44 heavy (non-hydrogen) atoms. The van der Waals surface area contributed by atoms with Gasteiger partial charge in [0.05, 0.1) is 29.9 Å². The molecule has 1 aliphatic rings. The van der Waals surface area contributed by atoms with Crippen molar-refractivity contribution in [2.75, 3.05) is 19.7 Å². The van der Waals surface area contributed by atoms with E-state index in [1.165, 1.54) is 18.2 Å². The Morgan fingerprint density at radius 1 is 0.909 bits per heavy atom. The second-order valence-electron chi connectivity index (χ2n) is 11.8. The monoisotopic (exact) mass is 594 g/mol. The molecule has 0 bridgehead atoms. The second kappa shape index (κ2) is 15.0. The van der Waals surface area contributed by atoms with Crippen LogP contribution in [0.2, 0.25) is 0 Å². The number of unbranched alkanes of at least 4 members (excludes halogenated alkanes) is 2. The minimum atomic E-state index is -0.250. The molecule has 0 spiro atoms. The maximum Gasteiger partial charge on any atom is 0.254 e. The normalized spacial score (nSPS) is 14.5. The van der Waals surface area contributed by atoms with Crippen LogP contribution in [0.5, 0.6) is 0 Å². The predicted octanol–water partition coefficient (Wildman–Crippen LogP) is 6.68. The maximum absolute atomic E-state index is 14.1. The van der Waals surface area contributed by atoms with E-state index in [4.69, 9.17) is 9.15 Å². The van der Waals surface area contributed by atoms with Crippen LogP contribution in [0.15, 0.2) is 88.3 Å². The molecule has 1 aliphatic heterocycles. The van der Waals surface area contributed by atoms with Crippen molar-refractivity contribution >= 4 is 22.8 Å². The largest absolute Gasteiger partial charge is 0.464 e. The summed E-state index contributed by atoms with van der Waals surface area (Å²) in [5.41, 5.74) is 4.38. The van der Waals surface area contributed by atoms with Crippen LogP contribution < -0.4 is 5.43 Å². The first kappa shape index (κ1) is 31.2. The molecule has 3 aromatic carbocycles. The quantitative estimate of drug-likeness (QED) is 0.161. The van der Waals surface area contributed by atoms with E-state index in [0.29, 0.717) is 41.8 Å². The molecular weight excluding hydrogens is 552 g/mol. The molecule has 0 saturated carbocycles. The SMILES string of the molecule is CCCCCc1ccc(C(=O)N(CC(=O)N(Cc2ccccc2)Cc2coc3ccc(C)cc3c2=O)CC2CCCO2)cc1. The highest BCUT2D eigenvalue weighted by molar-refractivity contribution is 5.96. The molecule has 2 amide bonds. The third-order valence-electron chi connectivity index (χ3n) is 8.26. The number of carbonyl (C=O) groups excluding carboxylic acids is 2. The van der Waals surface area contributed by atoms with Crippen LogP contribution in [0, 0.1) is 6.92 Å². The van der Waals surface area contributed by atoms with Crippen LogP contribution in [0.3, 0.4) is 0 Å². The third-order valence-corrected chi connectivity index (χ3v) is 8.26. The molecular formula is C37H42N2O5. The number of benzene rings is 3. The molecule has 7 nitrogen and oxygen atoms in total. The van der Waals surface area contributed by atoms with Crippen LogP contribution in [0.1, 0.15) is 71.6 Å². The van der Waals surface area contributed by atoms with Gasteiger partial charge in [0.15, 0.2) is 5.43 Å². The molecule has 1 atom stereocenters. The maximum atomic E-state index is 14.1. The summed E-state index contributed by atoms with van der Waals surface area (Å²) >= 11 is 0. The van der Waals surface area contributed by atoms with Gasteiger partial charge in [-0.2, -0.15) is 0 Å². The Balaban J connectivity index is 1.39. The van der Waals surface area contributed by atoms with Crippen molar-refractivity contribution in [3.63, 3.8) is 0 Å². The number of hydrogen-bond acceptors (Lipinski definition) is 5. The third kappa shape index (κ3) is 8.03. The summed E-state index contributed by atoms with van der Waals surface area (Å²) < 4.78 is 11.7. The van der Waals surface area contributed by atoms with E-state index in [-0.39, 0.29) is 36.4 Å². The van der Waals surface area contributed by atoms with Gasteiger partial charge in [-0.15, -0.1) is 0 Å². The van der Waals surface area contributed by atoms with Crippen LogP contribution in [0.4, 0.5) is 0 Å². The number of aryl methyl sites for hydroxylation is 2. The molecule has 2 heterocycles. The molecule has 230 valence electrons. The zero-order chi connectivity index (χ0) is 30.9. The molecule has 1 aromatic heterocycles. The fraction of sp³-hybridized carbons (Fsp3) is 0.378. The van der Waals surface area contributed by atoms with Crippen molar-refractivity contribution in [1.29, 1.82) is 0 Å². The van der Waals surface area contributed by atoms with Crippen molar-refractivity contribution in [2.24, 2.45) is 0 Å². The zero-order valence-electron chi connectivity index (χ0n) is 25.8. The van der Waals surface area contributed by atoms with Crippen LogP contribution in [-0.4, -0.2) is 47.4 Å². The zero-order valence-corrected chi connectivity index (χ0v) is 25.8. The lowest BCUT2D eigenvalue weighted by Crippen LogP contribution is -2.45. The van der Waals surface area contributed by atoms with Gasteiger partial charge in [0.25, 0.3) is 5.91 Å². The first-order chi connectivity index (χ1) is 21.4. The van der Waals surface area contributed by atoms with Crippen LogP contribution in [0.25, 0.3) is 11.0 Å². The lowest BCUT2D eigenvalue weighted by atomic mass is 10.0. The number of amides is 2. The van der Waals surface area contributed by atoms with Gasteiger partial charge >= 0.3 is 0 Å². The minimum absolute atomic E-state index is 0.0638. The molecule has 0 radical (unpaired) electrons. The topological polar surface area (TPSA) is 80.1 Å². The lowest BCUT2D eigenvalue weighted by Gasteiger charge is -2.29. The Kier molecular flexibility index (Phi) is 10.6. The molecule has 0 aliphatic carbocycles. The van der Waals surface area contributed by atoms with Crippen molar-refractivity contribution in [3.05, 3.63) is 117 Å². The first-order valence-corrected chi connectivity index (χ1v) is 15.7. The number of carbonyl (C=O) groups is 2. The Bertz CT molecular complexity index is 1610. The highest BCUT2D eigenvalue weighted by Crippen LogP contribution is 2.19. The lowest BCUT2D eigenvalue weighted by molar-refractivity contribution is -0.133. The van der Waals surface area contributed by atoms with E-state index in [1.807, 2.05) is 73.7 Å². The Morgan fingerprint density at radius 2 is 1.70 bits per heavy atom. The standard InChI is InChI=1S/C37H42N2O5/c1-3-4-6-10-28-15-17-30(18-16-28)37(42)39(24-32-13-9-20-43-32)25-35(40)38(22-29-11-7-5-8-12-29)23-31-26-44-34-19-14-27(2)21-33(34)36(31)41/h5,7-8,11-12,14-19,21,26,32H,3-4,6,9-10,13,20,22-25H2,1-2H3. The van der Waals surface area contributed by atoms with E-state index in [2.05, 4.69) is 6.92 Å². The summed E-state index contributed by atoms with van der Waals surface area (Å²) in [7, 11) is 0. The molecule has 5 rings (SSSR count).